The Hall–Kier alpha value is -1.90. The maximum absolute atomic E-state index is 11.6. The molecule has 1 atom stereocenters. The SMILES string of the molecule is C=C(C(=O)OCC)c1ccc(CC2CCCC2=O)cc1. The normalized spacial score (nSPS) is 18.1. The summed E-state index contributed by atoms with van der Waals surface area (Å²) in [6, 6.07) is 7.67. The van der Waals surface area contributed by atoms with Crippen molar-refractivity contribution < 1.29 is 14.3 Å². The van der Waals surface area contributed by atoms with Crippen LogP contribution in [0.1, 0.15) is 37.3 Å². The maximum atomic E-state index is 11.6. The Morgan fingerprint density at radius 3 is 2.60 bits per heavy atom. The Morgan fingerprint density at radius 2 is 2.05 bits per heavy atom. The summed E-state index contributed by atoms with van der Waals surface area (Å²) in [7, 11) is 0. The first kappa shape index (κ1) is 14.5. The van der Waals surface area contributed by atoms with Gasteiger partial charge in [-0.05, 0) is 37.3 Å². The Morgan fingerprint density at radius 1 is 1.35 bits per heavy atom. The quantitative estimate of drug-likeness (QED) is 0.611. The van der Waals surface area contributed by atoms with Gasteiger partial charge in [0, 0.05) is 12.3 Å². The first-order valence-corrected chi connectivity index (χ1v) is 7.10. The van der Waals surface area contributed by atoms with E-state index in [1.54, 1.807) is 6.92 Å². The summed E-state index contributed by atoms with van der Waals surface area (Å²) in [4.78, 5) is 23.2. The second kappa shape index (κ2) is 6.51. The smallest absolute Gasteiger partial charge is 0.338 e. The minimum Gasteiger partial charge on any atom is -0.462 e. The van der Waals surface area contributed by atoms with E-state index in [1.165, 1.54) is 0 Å². The lowest BCUT2D eigenvalue weighted by Gasteiger charge is -2.09. The van der Waals surface area contributed by atoms with Crippen molar-refractivity contribution in [3.8, 4) is 0 Å². The average Bonchev–Trinajstić information content (AvgIpc) is 2.85. The van der Waals surface area contributed by atoms with Crippen molar-refractivity contribution in [3.63, 3.8) is 0 Å². The van der Waals surface area contributed by atoms with Crippen LogP contribution in [0.15, 0.2) is 30.8 Å². The fourth-order valence-corrected chi connectivity index (χ4v) is 2.57. The van der Waals surface area contributed by atoms with Gasteiger partial charge in [0.1, 0.15) is 5.78 Å². The van der Waals surface area contributed by atoms with Gasteiger partial charge in [-0.1, -0.05) is 30.8 Å². The molecule has 1 aliphatic rings. The number of carbonyl (C=O) groups excluding carboxylic acids is 2. The lowest BCUT2D eigenvalue weighted by atomic mass is 9.95. The zero-order valence-corrected chi connectivity index (χ0v) is 11.9. The highest BCUT2D eigenvalue weighted by Crippen LogP contribution is 2.25. The van der Waals surface area contributed by atoms with Gasteiger partial charge in [0.15, 0.2) is 0 Å². The highest BCUT2D eigenvalue weighted by molar-refractivity contribution is 6.15. The van der Waals surface area contributed by atoms with E-state index in [0.29, 0.717) is 18.0 Å². The number of benzene rings is 1. The zero-order valence-electron chi connectivity index (χ0n) is 11.9. The summed E-state index contributed by atoms with van der Waals surface area (Å²) >= 11 is 0. The lowest BCUT2D eigenvalue weighted by molar-refractivity contribution is -0.136. The molecule has 1 aliphatic carbocycles. The summed E-state index contributed by atoms with van der Waals surface area (Å²) in [6.07, 6.45) is 3.53. The molecule has 0 spiro atoms. The van der Waals surface area contributed by atoms with Crippen molar-refractivity contribution in [2.24, 2.45) is 5.92 Å². The molecule has 1 aromatic rings. The molecule has 0 radical (unpaired) electrons. The van der Waals surface area contributed by atoms with Crippen molar-refractivity contribution in [2.45, 2.75) is 32.6 Å². The standard InChI is InChI=1S/C17H20O3/c1-3-20-17(19)12(2)14-9-7-13(8-10-14)11-15-5-4-6-16(15)18/h7-10,15H,2-6,11H2,1H3. The van der Waals surface area contributed by atoms with Crippen LogP contribution in [0.2, 0.25) is 0 Å². The van der Waals surface area contributed by atoms with Crippen molar-refractivity contribution in [1.82, 2.24) is 0 Å². The first-order valence-electron chi connectivity index (χ1n) is 7.10. The number of ether oxygens (including phenoxy) is 1. The van der Waals surface area contributed by atoms with E-state index in [2.05, 4.69) is 6.58 Å². The van der Waals surface area contributed by atoms with Crippen LogP contribution in [-0.4, -0.2) is 18.4 Å². The molecule has 0 N–H and O–H groups in total. The topological polar surface area (TPSA) is 43.4 Å². The van der Waals surface area contributed by atoms with Gasteiger partial charge in [-0.25, -0.2) is 4.79 Å². The van der Waals surface area contributed by atoms with Crippen molar-refractivity contribution in [2.75, 3.05) is 6.61 Å². The van der Waals surface area contributed by atoms with Crippen LogP contribution in [0.4, 0.5) is 0 Å². The molecule has 1 fully saturated rings. The molecule has 0 bridgehead atoms. The number of ketones is 1. The molecular formula is C17H20O3. The maximum Gasteiger partial charge on any atom is 0.338 e. The fraction of sp³-hybridized carbons (Fsp3) is 0.412. The van der Waals surface area contributed by atoms with Gasteiger partial charge in [0.05, 0.1) is 12.2 Å². The van der Waals surface area contributed by atoms with E-state index in [1.807, 2.05) is 24.3 Å². The molecule has 0 saturated heterocycles. The predicted molar refractivity (Wildman–Crippen MR) is 78.2 cm³/mol. The van der Waals surface area contributed by atoms with Gasteiger partial charge in [-0.15, -0.1) is 0 Å². The molecule has 0 heterocycles. The summed E-state index contributed by atoms with van der Waals surface area (Å²) in [5, 5.41) is 0. The van der Waals surface area contributed by atoms with Gasteiger partial charge >= 0.3 is 5.97 Å². The minimum atomic E-state index is -0.383. The van der Waals surface area contributed by atoms with Crippen molar-refractivity contribution in [3.05, 3.63) is 42.0 Å². The summed E-state index contributed by atoms with van der Waals surface area (Å²) < 4.78 is 4.93. The third-order valence-electron chi connectivity index (χ3n) is 3.74. The highest BCUT2D eigenvalue weighted by atomic mass is 16.5. The second-order valence-corrected chi connectivity index (χ2v) is 5.16. The third kappa shape index (κ3) is 3.35. The Balaban J connectivity index is 2.01. The van der Waals surface area contributed by atoms with Gasteiger partial charge in [0.25, 0.3) is 0 Å². The van der Waals surface area contributed by atoms with E-state index in [0.717, 1.165) is 36.8 Å². The minimum absolute atomic E-state index is 0.175. The number of Topliss-reactive ketones (excluding diaryl/α,β-unsaturated/α-hetero) is 1. The number of hydrogen-bond acceptors (Lipinski definition) is 3. The Bertz CT molecular complexity index is 514. The zero-order chi connectivity index (χ0) is 14.5. The van der Waals surface area contributed by atoms with Gasteiger partial charge in [-0.3, -0.25) is 4.79 Å². The molecule has 2 rings (SSSR count). The molecular weight excluding hydrogens is 252 g/mol. The number of rotatable bonds is 5. The van der Waals surface area contributed by atoms with Gasteiger partial charge in [0.2, 0.25) is 0 Å². The van der Waals surface area contributed by atoms with E-state index in [9.17, 15) is 9.59 Å². The third-order valence-corrected chi connectivity index (χ3v) is 3.74. The molecule has 3 heteroatoms. The molecule has 3 nitrogen and oxygen atoms in total. The second-order valence-electron chi connectivity index (χ2n) is 5.16. The molecule has 0 amide bonds. The molecule has 1 unspecified atom stereocenters. The molecule has 0 aliphatic heterocycles. The largest absolute Gasteiger partial charge is 0.462 e. The highest BCUT2D eigenvalue weighted by Gasteiger charge is 2.24. The Kier molecular flexibility index (Phi) is 4.72. The van der Waals surface area contributed by atoms with Crippen LogP contribution >= 0.6 is 0 Å². The van der Waals surface area contributed by atoms with E-state index >= 15 is 0 Å². The van der Waals surface area contributed by atoms with Gasteiger partial charge in [-0.2, -0.15) is 0 Å². The van der Waals surface area contributed by atoms with Crippen molar-refractivity contribution in [1.29, 1.82) is 0 Å². The summed E-state index contributed by atoms with van der Waals surface area (Å²) in [5.41, 5.74) is 2.27. The Labute approximate surface area is 119 Å². The van der Waals surface area contributed by atoms with Crippen molar-refractivity contribution >= 4 is 17.3 Å². The summed E-state index contributed by atoms with van der Waals surface area (Å²) in [6.45, 7) is 5.88. The van der Waals surface area contributed by atoms with Crippen LogP contribution in [0.25, 0.3) is 5.57 Å². The monoisotopic (exact) mass is 272 g/mol. The average molecular weight is 272 g/mol. The fourth-order valence-electron chi connectivity index (χ4n) is 2.57. The van der Waals surface area contributed by atoms with E-state index in [4.69, 9.17) is 4.74 Å². The predicted octanol–water partition coefficient (Wildman–Crippen LogP) is 3.17. The number of hydrogen-bond donors (Lipinski definition) is 0. The van der Waals surface area contributed by atoms with Crippen LogP contribution in [0, 0.1) is 5.92 Å². The molecule has 1 saturated carbocycles. The number of carbonyl (C=O) groups is 2. The molecule has 0 aromatic heterocycles. The molecule has 106 valence electrons. The van der Waals surface area contributed by atoms with Gasteiger partial charge < -0.3 is 4.74 Å². The summed E-state index contributed by atoms with van der Waals surface area (Å²) in [5.74, 6) is 0.172. The number of esters is 1. The molecule has 1 aromatic carbocycles. The van der Waals surface area contributed by atoms with Crippen LogP contribution < -0.4 is 0 Å². The lowest BCUT2D eigenvalue weighted by Crippen LogP contribution is -2.09. The molecule has 20 heavy (non-hydrogen) atoms. The van der Waals surface area contributed by atoms with Crippen LogP contribution in [-0.2, 0) is 20.7 Å². The van der Waals surface area contributed by atoms with Crippen LogP contribution in [0.3, 0.4) is 0 Å². The van der Waals surface area contributed by atoms with E-state index in [-0.39, 0.29) is 11.9 Å². The van der Waals surface area contributed by atoms with Crippen LogP contribution in [0.5, 0.6) is 0 Å². The first-order chi connectivity index (χ1) is 9.61. The van der Waals surface area contributed by atoms with E-state index < -0.39 is 0 Å².